The van der Waals surface area contributed by atoms with E-state index in [0.717, 1.165) is 47.6 Å². The van der Waals surface area contributed by atoms with Crippen molar-refractivity contribution in [2.75, 3.05) is 0 Å². The summed E-state index contributed by atoms with van der Waals surface area (Å²) in [6.45, 7) is 0.567. The number of carbonyl (C=O) groups is 1. The predicted molar refractivity (Wildman–Crippen MR) is 95.3 cm³/mol. The van der Waals surface area contributed by atoms with Crippen LogP contribution in [0.3, 0.4) is 0 Å². The average Bonchev–Trinajstić information content (AvgIpc) is 2.59. The molecule has 2 aromatic rings. The fourth-order valence-corrected chi connectivity index (χ4v) is 3.88. The van der Waals surface area contributed by atoms with E-state index in [1.165, 1.54) is 19.3 Å². The monoisotopic (exact) mass is 320 g/mol. The molecule has 1 atom stereocenters. The molecule has 2 aromatic carbocycles. The first-order valence-corrected chi connectivity index (χ1v) is 9.13. The zero-order chi connectivity index (χ0) is 16.4. The zero-order valence-electron chi connectivity index (χ0n) is 14.0. The number of benzene rings is 2. The molecule has 0 aliphatic heterocycles. The molecule has 1 saturated carbocycles. The predicted octanol–water partition coefficient (Wildman–Crippen LogP) is 5.20. The van der Waals surface area contributed by atoms with Crippen LogP contribution in [0.1, 0.15) is 53.6 Å². The van der Waals surface area contributed by atoms with Crippen molar-refractivity contribution in [1.82, 2.24) is 0 Å². The Hall–Kier alpha value is -2.09. The molecule has 1 fully saturated rings. The van der Waals surface area contributed by atoms with E-state index < -0.39 is 0 Å². The molecule has 124 valence electrons. The molecule has 0 amide bonds. The molecule has 0 saturated heterocycles. The van der Waals surface area contributed by atoms with E-state index in [-0.39, 0.29) is 5.92 Å². The number of rotatable bonds is 5. The summed E-state index contributed by atoms with van der Waals surface area (Å²) in [6.07, 6.45) is 7.10. The van der Waals surface area contributed by atoms with Crippen molar-refractivity contribution in [3.8, 4) is 5.75 Å². The molecular formula is C22H24O2. The fraction of sp³-hybridized carbons (Fsp3) is 0.409. The second-order valence-electron chi connectivity index (χ2n) is 7.23. The lowest BCUT2D eigenvalue weighted by Crippen LogP contribution is -2.26. The lowest BCUT2D eigenvalue weighted by molar-refractivity contribution is 0.0861. The molecule has 1 unspecified atom stereocenters. The molecule has 24 heavy (non-hydrogen) atoms. The van der Waals surface area contributed by atoms with Crippen LogP contribution in [0.25, 0.3) is 0 Å². The van der Waals surface area contributed by atoms with Crippen molar-refractivity contribution in [1.29, 1.82) is 0 Å². The number of aryl methyl sites for hydroxylation is 1. The number of ketones is 1. The molecular weight excluding hydrogens is 296 g/mol. The molecule has 0 bridgehead atoms. The van der Waals surface area contributed by atoms with Crippen molar-refractivity contribution in [3.63, 3.8) is 0 Å². The SMILES string of the molecule is O=C1c2ccc(OCc3ccccc3)cc2CCC1CC1CCC1. The van der Waals surface area contributed by atoms with Gasteiger partial charge in [-0.2, -0.15) is 0 Å². The van der Waals surface area contributed by atoms with Crippen molar-refractivity contribution < 1.29 is 9.53 Å². The number of carbonyl (C=O) groups excluding carboxylic acids is 1. The Morgan fingerprint density at radius 3 is 2.58 bits per heavy atom. The van der Waals surface area contributed by atoms with Crippen molar-refractivity contribution in [2.45, 2.75) is 45.1 Å². The number of hydrogen-bond acceptors (Lipinski definition) is 2. The van der Waals surface area contributed by atoms with Gasteiger partial charge < -0.3 is 4.74 Å². The maximum atomic E-state index is 12.7. The molecule has 4 rings (SSSR count). The van der Waals surface area contributed by atoms with Gasteiger partial charge in [0, 0.05) is 11.5 Å². The summed E-state index contributed by atoms with van der Waals surface area (Å²) in [7, 11) is 0. The minimum absolute atomic E-state index is 0.249. The Labute approximate surface area is 143 Å². The summed E-state index contributed by atoms with van der Waals surface area (Å²) >= 11 is 0. The molecule has 0 aromatic heterocycles. The van der Waals surface area contributed by atoms with Gasteiger partial charge in [0.05, 0.1) is 0 Å². The highest BCUT2D eigenvalue weighted by Gasteiger charge is 2.31. The van der Waals surface area contributed by atoms with Crippen molar-refractivity contribution in [2.24, 2.45) is 11.8 Å². The third kappa shape index (κ3) is 3.24. The van der Waals surface area contributed by atoms with Gasteiger partial charge in [0.2, 0.25) is 0 Å². The first kappa shape index (κ1) is 15.4. The Bertz CT molecular complexity index is 716. The third-order valence-electron chi connectivity index (χ3n) is 5.57. The van der Waals surface area contributed by atoms with Gasteiger partial charge in [-0.3, -0.25) is 4.79 Å². The standard InChI is InChI=1S/C22H24O2/c23-22-19(13-16-7-4-8-16)10-9-18-14-20(11-12-21(18)22)24-15-17-5-2-1-3-6-17/h1-3,5-6,11-12,14,16,19H,4,7-10,13,15H2. The molecule has 0 heterocycles. The highest BCUT2D eigenvalue weighted by Crippen LogP contribution is 2.37. The highest BCUT2D eigenvalue weighted by atomic mass is 16.5. The van der Waals surface area contributed by atoms with Crippen LogP contribution >= 0.6 is 0 Å². The second-order valence-corrected chi connectivity index (χ2v) is 7.23. The van der Waals surface area contributed by atoms with Crippen LogP contribution in [0, 0.1) is 11.8 Å². The van der Waals surface area contributed by atoms with Crippen molar-refractivity contribution >= 4 is 5.78 Å². The summed E-state index contributed by atoms with van der Waals surface area (Å²) in [5, 5.41) is 0. The molecule has 0 N–H and O–H groups in total. The maximum absolute atomic E-state index is 12.7. The quantitative estimate of drug-likeness (QED) is 0.757. The van der Waals surface area contributed by atoms with Gasteiger partial charge in [0.1, 0.15) is 12.4 Å². The van der Waals surface area contributed by atoms with E-state index in [9.17, 15) is 4.79 Å². The second kappa shape index (κ2) is 6.80. The van der Waals surface area contributed by atoms with Gasteiger partial charge in [0.25, 0.3) is 0 Å². The molecule has 2 aliphatic carbocycles. The largest absolute Gasteiger partial charge is 0.489 e. The Kier molecular flexibility index (Phi) is 4.38. The number of ether oxygens (including phenoxy) is 1. The summed E-state index contributed by atoms with van der Waals surface area (Å²) in [4.78, 5) is 12.7. The number of hydrogen-bond donors (Lipinski definition) is 0. The topological polar surface area (TPSA) is 26.3 Å². The lowest BCUT2D eigenvalue weighted by atomic mass is 9.73. The minimum atomic E-state index is 0.249. The van der Waals surface area contributed by atoms with Gasteiger partial charge in [0.15, 0.2) is 5.78 Å². The first-order chi connectivity index (χ1) is 11.8. The van der Waals surface area contributed by atoms with Crippen LogP contribution in [0.5, 0.6) is 5.75 Å². The van der Waals surface area contributed by atoms with E-state index in [0.29, 0.717) is 12.4 Å². The Morgan fingerprint density at radius 2 is 1.83 bits per heavy atom. The first-order valence-electron chi connectivity index (χ1n) is 9.13. The third-order valence-corrected chi connectivity index (χ3v) is 5.57. The molecule has 0 spiro atoms. The van der Waals surface area contributed by atoms with E-state index >= 15 is 0 Å². The molecule has 0 radical (unpaired) electrons. The lowest BCUT2D eigenvalue weighted by Gasteiger charge is -2.31. The van der Waals surface area contributed by atoms with Crippen molar-refractivity contribution in [3.05, 3.63) is 65.2 Å². The zero-order valence-corrected chi connectivity index (χ0v) is 14.0. The molecule has 2 heteroatoms. The van der Waals surface area contributed by atoms with Crippen LogP contribution in [0.15, 0.2) is 48.5 Å². The van der Waals surface area contributed by atoms with Gasteiger partial charge in [-0.25, -0.2) is 0 Å². The smallest absolute Gasteiger partial charge is 0.166 e. The maximum Gasteiger partial charge on any atom is 0.166 e. The minimum Gasteiger partial charge on any atom is -0.489 e. The van der Waals surface area contributed by atoms with E-state index in [2.05, 4.69) is 18.2 Å². The summed E-state index contributed by atoms with van der Waals surface area (Å²) in [5.74, 6) is 2.27. The van der Waals surface area contributed by atoms with Crippen LogP contribution in [0.2, 0.25) is 0 Å². The number of Topliss-reactive ketones (excluding diaryl/α,β-unsaturated/α-hetero) is 1. The highest BCUT2D eigenvalue weighted by molar-refractivity contribution is 6.00. The van der Waals surface area contributed by atoms with Crippen LogP contribution in [-0.4, -0.2) is 5.78 Å². The van der Waals surface area contributed by atoms with Gasteiger partial charge in [-0.1, -0.05) is 49.6 Å². The van der Waals surface area contributed by atoms with Gasteiger partial charge in [-0.05, 0) is 54.5 Å². The van der Waals surface area contributed by atoms with E-state index in [1.807, 2.05) is 30.3 Å². The summed E-state index contributed by atoms with van der Waals surface area (Å²) < 4.78 is 5.90. The van der Waals surface area contributed by atoms with E-state index in [1.54, 1.807) is 0 Å². The van der Waals surface area contributed by atoms with Gasteiger partial charge >= 0.3 is 0 Å². The summed E-state index contributed by atoms with van der Waals surface area (Å²) in [5.41, 5.74) is 3.25. The fourth-order valence-electron chi connectivity index (χ4n) is 3.88. The van der Waals surface area contributed by atoms with Crippen LogP contribution < -0.4 is 4.74 Å². The average molecular weight is 320 g/mol. The summed E-state index contributed by atoms with van der Waals surface area (Å²) in [6, 6.07) is 16.2. The van der Waals surface area contributed by atoms with Crippen LogP contribution in [-0.2, 0) is 13.0 Å². The number of fused-ring (bicyclic) bond motifs is 1. The Morgan fingerprint density at radius 1 is 1.00 bits per heavy atom. The molecule has 2 nitrogen and oxygen atoms in total. The normalized spacial score (nSPS) is 20.3. The van der Waals surface area contributed by atoms with Crippen LogP contribution in [0.4, 0.5) is 0 Å². The van der Waals surface area contributed by atoms with E-state index in [4.69, 9.17) is 4.74 Å². The molecule has 2 aliphatic rings. The van der Waals surface area contributed by atoms with Gasteiger partial charge in [-0.15, -0.1) is 0 Å². The Balaban J connectivity index is 1.43.